The van der Waals surface area contributed by atoms with Crippen LogP contribution in [0.1, 0.15) is 45.4 Å². The lowest BCUT2D eigenvalue weighted by Crippen LogP contribution is -2.43. The van der Waals surface area contributed by atoms with Gasteiger partial charge in [-0.15, -0.1) is 0 Å². The van der Waals surface area contributed by atoms with E-state index in [9.17, 15) is 9.59 Å². The van der Waals surface area contributed by atoms with Crippen molar-refractivity contribution < 1.29 is 9.59 Å². The van der Waals surface area contributed by atoms with Gasteiger partial charge < -0.3 is 16.4 Å². The highest BCUT2D eigenvalue weighted by atomic mass is 16.2. The molecule has 1 aliphatic rings. The summed E-state index contributed by atoms with van der Waals surface area (Å²) in [7, 11) is 0. The average Bonchev–Trinajstić information content (AvgIpc) is 2.83. The van der Waals surface area contributed by atoms with Gasteiger partial charge in [0.15, 0.2) is 0 Å². The van der Waals surface area contributed by atoms with Crippen molar-refractivity contribution >= 4 is 11.8 Å². The van der Waals surface area contributed by atoms with Crippen molar-refractivity contribution in [2.24, 2.45) is 17.4 Å². The lowest BCUT2D eigenvalue weighted by atomic mass is 9.96. The molecule has 0 saturated carbocycles. The van der Waals surface area contributed by atoms with E-state index < -0.39 is 0 Å². The molecule has 0 aromatic carbocycles. The fourth-order valence-electron chi connectivity index (χ4n) is 2.62. The fraction of sp³-hybridized carbons (Fsp3) is 0.846. The third-order valence-corrected chi connectivity index (χ3v) is 3.82. The second kappa shape index (κ2) is 7.36. The lowest BCUT2D eigenvalue weighted by molar-refractivity contribution is -0.137. The number of likely N-dealkylation sites (tertiary alicyclic amines) is 1. The van der Waals surface area contributed by atoms with Crippen LogP contribution in [0.25, 0.3) is 0 Å². The van der Waals surface area contributed by atoms with Crippen molar-refractivity contribution in [1.82, 2.24) is 4.90 Å². The molecule has 2 atom stereocenters. The zero-order valence-corrected chi connectivity index (χ0v) is 11.2. The van der Waals surface area contributed by atoms with Gasteiger partial charge in [0.05, 0.1) is 0 Å². The molecule has 0 radical (unpaired) electrons. The first kappa shape index (κ1) is 15.0. The van der Waals surface area contributed by atoms with Crippen LogP contribution in [0.3, 0.4) is 0 Å². The standard InChI is InChI=1S/C13H25N3O2/c1-2-10(7-8-14)5-6-12(17)16-9-3-4-11(16)13(15)18/h10-11H,2-9,14H2,1H3,(H2,15,18). The van der Waals surface area contributed by atoms with E-state index in [2.05, 4.69) is 6.92 Å². The molecule has 1 saturated heterocycles. The van der Waals surface area contributed by atoms with E-state index in [1.807, 2.05) is 0 Å². The van der Waals surface area contributed by atoms with Gasteiger partial charge in [0.25, 0.3) is 0 Å². The predicted octanol–water partition coefficient (Wildman–Crippen LogP) is 0.618. The van der Waals surface area contributed by atoms with Crippen LogP contribution in [0.4, 0.5) is 0 Å². The van der Waals surface area contributed by atoms with Crippen LogP contribution in [0.2, 0.25) is 0 Å². The second-order valence-corrected chi connectivity index (χ2v) is 5.04. The van der Waals surface area contributed by atoms with Crippen LogP contribution in [-0.4, -0.2) is 35.8 Å². The van der Waals surface area contributed by atoms with Crippen molar-refractivity contribution in [2.45, 2.75) is 51.5 Å². The Bertz CT molecular complexity index is 294. The average molecular weight is 255 g/mol. The summed E-state index contributed by atoms with van der Waals surface area (Å²) in [6, 6.07) is -0.382. The highest BCUT2D eigenvalue weighted by Gasteiger charge is 2.32. The highest BCUT2D eigenvalue weighted by Crippen LogP contribution is 2.21. The molecule has 4 N–H and O–H groups in total. The number of carbonyl (C=O) groups excluding carboxylic acids is 2. The Labute approximate surface area is 109 Å². The van der Waals surface area contributed by atoms with Crippen LogP contribution in [0.5, 0.6) is 0 Å². The summed E-state index contributed by atoms with van der Waals surface area (Å²) in [5, 5.41) is 0. The van der Waals surface area contributed by atoms with Crippen LogP contribution < -0.4 is 11.5 Å². The molecule has 0 aliphatic carbocycles. The van der Waals surface area contributed by atoms with Gasteiger partial charge in [0, 0.05) is 13.0 Å². The molecule has 18 heavy (non-hydrogen) atoms. The van der Waals surface area contributed by atoms with Crippen LogP contribution in [-0.2, 0) is 9.59 Å². The number of carbonyl (C=O) groups is 2. The molecule has 1 rings (SSSR count). The lowest BCUT2D eigenvalue weighted by Gasteiger charge is -2.23. The Morgan fingerprint density at radius 2 is 2.11 bits per heavy atom. The van der Waals surface area contributed by atoms with Gasteiger partial charge in [-0.1, -0.05) is 13.3 Å². The molecule has 104 valence electrons. The maximum Gasteiger partial charge on any atom is 0.240 e. The summed E-state index contributed by atoms with van der Waals surface area (Å²) in [5.41, 5.74) is 10.8. The van der Waals surface area contributed by atoms with Gasteiger partial charge >= 0.3 is 0 Å². The molecule has 2 amide bonds. The Morgan fingerprint density at radius 3 is 2.67 bits per heavy atom. The molecule has 1 heterocycles. The van der Waals surface area contributed by atoms with E-state index in [-0.39, 0.29) is 17.9 Å². The third kappa shape index (κ3) is 3.98. The molecule has 1 aliphatic heterocycles. The summed E-state index contributed by atoms with van der Waals surface area (Å²) in [6.45, 7) is 3.45. The molecule has 2 unspecified atom stereocenters. The zero-order chi connectivity index (χ0) is 13.5. The van der Waals surface area contributed by atoms with Gasteiger partial charge in [0.2, 0.25) is 11.8 Å². The Kier molecular flexibility index (Phi) is 6.12. The number of hydrogen-bond acceptors (Lipinski definition) is 3. The smallest absolute Gasteiger partial charge is 0.240 e. The van der Waals surface area contributed by atoms with Crippen molar-refractivity contribution in [3.8, 4) is 0 Å². The van der Waals surface area contributed by atoms with Crippen molar-refractivity contribution in [1.29, 1.82) is 0 Å². The third-order valence-electron chi connectivity index (χ3n) is 3.82. The first-order chi connectivity index (χ1) is 8.60. The minimum atomic E-state index is -0.382. The molecule has 0 bridgehead atoms. The maximum absolute atomic E-state index is 12.1. The number of nitrogens with two attached hydrogens (primary N) is 2. The van der Waals surface area contributed by atoms with E-state index >= 15 is 0 Å². The van der Waals surface area contributed by atoms with Gasteiger partial charge in [-0.25, -0.2) is 0 Å². The molecule has 0 aromatic rings. The number of amides is 2. The Balaban J connectivity index is 2.42. The topological polar surface area (TPSA) is 89.4 Å². The van der Waals surface area contributed by atoms with Crippen molar-refractivity contribution in [2.75, 3.05) is 13.1 Å². The SMILES string of the molecule is CCC(CCN)CCC(=O)N1CCCC1C(N)=O. The molecule has 0 aromatic heterocycles. The van der Waals surface area contributed by atoms with E-state index in [1.165, 1.54) is 0 Å². The first-order valence-electron chi connectivity index (χ1n) is 6.89. The highest BCUT2D eigenvalue weighted by molar-refractivity contribution is 5.87. The minimum absolute atomic E-state index is 0.0618. The molecular formula is C13H25N3O2. The predicted molar refractivity (Wildman–Crippen MR) is 70.6 cm³/mol. The monoisotopic (exact) mass is 255 g/mol. The summed E-state index contributed by atoms with van der Waals surface area (Å²) >= 11 is 0. The molecule has 1 fully saturated rings. The van der Waals surface area contributed by atoms with Crippen LogP contribution in [0.15, 0.2) is 0 Å². The summed E-state index contributed by atoms with van der Waals surface area (Å²) < 4.78 is 0. The van der Waals surface area contributed by atoms with Gasteiger partial charge in [-0.2, -0.15) is 0 Å². The Morgan fingerprint density at radius 1 is 1.39 bits per heavy atom. The van der Waals surface area contributed by atoms with E-state index in [1.54, 1.807) is 4.90 Å². The summed E-state index contributed by atoms with van der Waals surface area (Å²) in [5.74, 6) is 0.190. The largest absolute Gasteiger partial charge is 0.368 e. The van der Waals surface area contributed by atoms with E-state index in [0.717, 1.165) is 25.7 Å². The molecule has 5 heteroatoms. The molecule has 0 spiro atoms. The fourth-order valence-corrected chi connectivity index (χ4v) is 2.62. The minimum Gasteiger partial charge on any atom is -0.368 e. The number of rotatable bonds is 7. The van der Waals surface area contributed by atoms with Gasteiger partial charge in [-0.3, -0.25) is 9.59 Å². The number of nitrogens with zero attached hydrogens (tertiary/aromatic N) is 1. The van der Waals surface area contributed by atoms with Crippen LogP contribution >= 0.6 is 0 Å². The number of primary amides is 1. The zero-order valence-electron chi connectivity index (χ0n) is 11.2. The normalized spacial score (nSPS) is 21.0. The van der Waals surface area contributed by atoms with E-state index in [4.69, 9.17) is 11.5 Å². The maximum atomic E-state index is 12.1. The van der Waals surface area contributed by atoms with E-state index in [0.29, 0.717) is 31.8 Å². The number of hydrogen-bond donors (Lipinski definition) is 2. The summed E-state index contributed by atoms with van der Waals surface area (Å²) in [6.07, 6.45) is 4.95. The second-order valence-electron chi connectivity index (χ2n) is 5.04. The van der Waals surface area contributed by atoms with Gasteiger partial charge in [-0.05, 0) is 38.1 Å². The quantitative estimate of drug-likeness (QED) is 0.698. The first-order valence-corrected chi connectivity index (χ1v) is 6.89. The molecule has 5 nitrogen and oxygen atoms in total. The molecular weight excluding hydrogens is 230 g/mol. The van der Waals surface area contributed by atoms with Crippen LogP contribution in [0, 0.1) is 5.92 Å². The Hall–Kier alpha value is -1.10. The van der Waals surface area contributed by atoms with Crippen molar-refractivity contribution in [3.05, 3.63) is 0 Å². The van der Waals surface area contributed by atoms with Gasteiger partial charge in [0.1, 0.15) is 6.04 Å². The summed E-state index contributed by atoms with van der Waals surface area (Å²) in [4.78, 5) is 24.9. The van der Waals surface area contributed by atoms with Crippen molar-refractivity contribution in [3.63, 3.8) is 0 Å².